The number of amides is 1. The molecule has 1 aliphatic rings. The van der Waals surface area contributed by atoms with Crippen LogP contribution >= 0.6 is 0 Å². The van der Waals surface area contributed by atoms with E-state index in [-0.39, 0.29) is 0 Å². The van der Waals surface area contributed by atoms with Gasteiger partial charge in [0.25, 0.3) is 0 Å². The van der Waals surface area contributed by atoms with Gasteiger partial charge in [0.1, 0.15) is 5.66 Å². The molecule has 1 amide bonds. The number of allylic oxidation sites excluding steroid dienone is 2. The van der Waals surface area contributed by atoms with E-state index in [4.69, 9.17) is 10.8 Å². The van der Waals surface area contributed by atoms with Gasteiger partial charge in [-0.05, 0) is 6.08 Å². The Hall–Kier alpha value is -1.29. The second-order valence-corrected chi connectivity index (χ2v) is 2.46. The normalized spacial score (nSPS) is 28.5. The van der Waals surface area contributed by atoms with Crippen LogP contribution in [0.25, 0.3) is 0 Å². The maximum atomic E-state index is 10.2. The minimum absolute atomic E-state index is 0.496. The van der Waals surface area contributed by atoms with Crippen LogP contribution < -0.4 is 11.1 Å². The molecule has 0 aromatic rings. The van der Waals surface area contributed by atoms with Gasteiger partial charge in [-0.1, -0.05) is 18.2 Å². The highest BCUT2D eigenvalue weighted by Gasteiger charge is 2.22. The maximum Gasteiger partial charge on any atom is 0.406 e. The van der Waals surface area contributed by atoms with Gasteiger partial charge in [0.15, 0.2) is 0 Å². The summed E-state index contributed by atoms with van der Waals surface area (Å²) in [5.41, 5.74) is 4.71. The fourth-order valence-electron chi connectivity index (χ4n) is 0.929. The van der Waals surface area contributed by atoms with Crippen molar-refractivity contribution in [2.75, 3.05) is 0 Å². The van der Waals surface area contributed by atoms with Crippen molar-refractivity contribution in [1.29, 1.82) is 0 Å². The highest BCUT2D eigenvalue weighted by molar-refractivity contribution is 5.66. The summed E-state index contributed by atoms with van der Waals surface area (Å²) in [4.78, 5) is 10.2. The molecule has 4 heteroatoms. The summed E-state index contributed by atoms with van der Waals surface area (Å²) in [5.74, 6) is 0. The third-order valence-corrected chi connectivity index (χ3v) is 1.44. The first-order valence-corrected chi connectivity index (χ1v) is 3.27. The quantitative estimate of drug-likeness (QED) is 0.479. The highest BCUT2D eigenvalue weighted by atomic mass is 16.4. The molecule has 0 aromatic carbocycles. The minimum Gasteiger partial charge on any atom is -0.465 e. The van der Waals surface area contributed by atoms with Crippen LogP contribution in [-0.4, -0.2) is 16.9 Å². The van der Waals surface area contributed by atoms with Gasteiger partial charge in [-0.2, -0.15) is 0 Å². The molecule has 1 atom stereocenters. The summed E-state index contributed by atoms with van der Waals surface area (Å²) >= 11 is 0. The molecule has 4 N–H and O–H groups in total. The molecule has 0 aromatic heterocycles. The molecule has 4 nitrogen and oxygen atoms in total. The molecular weight excluding hydrogens is 144 g/mol. The van der Waals surface area contributed by atoms with Crippen molar-refractivity contribution in [3.63, 3.8) is 0 Å². The van der Waals surface area contributed by atoms with Gasteiger partial charge in [0.2, 0.25) is 0 Å². The fraction of sp³-hybridized carbons (Fsp3) is 0.286. The molecule has 0 saturated carbocycles. The molecule has 0 spiro atoms. The zero-order chi connectivity index (χ0) is 8.32. The van der Waals surface area contributed by atoms with Gasteiger partial charge in [-0.25, -0.2) is 4.79 Å². The van der Waals surface area contributed by atoms with Crippen molar-refractivity contribution < 1.29 is 9.90 Å². The average molecular weight is 154 g/mol. The number of nitrogens with one attached hydrogen (secondary N) is 1. The Morgan fingerprint density at radius 2 is 2.36 bits per heavy atom. The summed E-state index contributed by atoms with van der Waals surface area (Å²) in [7, 11) is 0. The van der Waals surface area contributed by atoms with Crippen LogP contribution in [0.4, 0.5) is 4.79 Å². The molecule has 60 valence electrons. The standard InChI is InChI=1S/C7H10N2O2/c8-7(9-6(10)11)4-2-1-3-5-7/h1-4,9H,5,8H2,(H,10,11). The van der Waals surface area contributed by atoms with Crippen LogP contribution in [0.5, 0.6) is 0 Å². The van der Waals surface area contributed by atoms with E-state index in [9.17, 15) is 4.79 Å². The summed E-state index contributed by atoms with van der Waals surface area (Å²) in [6.45, 7) is 0. The largest absolute Gasteiger partial charge is 0.465 e. The minimum atomic E-state index is -1.10. The van der Waals surface area contributed by atoms with E-state index in [1.165, 1.54) is 0 Å². The van der Waals surface area contributed by atoms with Crippen molar-refractivity contribution >= 4 is 6.09 Å². The van der Waals surface area contributed by atoms with Crippen molar-refractivity contribution in [3.8, 4) is 0 Å². The van der Waals surface area contributed by atoms with Crippen LogP contribution in [0.2, 0.25) is 0 Å². The zero-order valence-electron chi connectivity index (χ0n) is 5.95. The van der Waals surface area contributed by atoms with E-state index >= 15 is 0 Å². The summed E-state index contributed by atoms with van der Waals surface area (Å²) in [6, 6.07) is 0. The molecule has 1 unspecified atom stereocenters. The average Bonchev–Trinajstić information content (AvgIpc) is 1.85. The van der Waals surface area contributed by atoms with E-state index in [1.54, 1.807) is 12.2 Å². The topological polar surface area (TPSA) is 75.3 Å². The Labute approximate surface area is 64.4 Å². The lowest BCUT2D eigenvalue weighted by molar-refractivity contribution is 0.184. The van der Waals surface area contributed by atoms with Crippen LogP contribution in [0.1, 0.15) is 6.42 Å². The van der Waals surface area contributed by atoms with Crippen LogP contribution in [0.3, 0.4) is 0 Å². The van der Waals surface area contributed by atoms with E-state index in [0.717, 1.165) is 0 Å². The van der Waals surface area contributed by atoms with Gasteiger partial charge >= 0.3 is 6.09 Å². The molecule has 1 aliphatic carbocycles. The second kappa shape index (κ2) is 2.75. The number of hydrogen-bond donors (Lipinski definition) is 3. The maximum absolute atomic E-state index is 10.2. The summed E-state index contributed by atoms with van der Waals surface area (Å²) in [6.07, 6.45) is 6.38. The second-order valence-electron chi connectivity index (χ2n) is 2.46. The lowest BCUT2D eigenvalue weighted by atomic mass is 10.0. The number of nitrogens with two attached hydrogens (primary N) is 1. The number of rotatable bonds is 1. The van der Waals surface area contributed by atoms with Gasteiger partial charge in [-0.15, -0.1) is 0 Å². The highest BCUT2D eigenvalue weighted by Crippen LogP contribution is 2.10. The van der Waals surface area contributed by atoms with E-state index in [0.29, 0.717) is 6.42 Å². The van der Waals surface area contributed by atoms with Crippen LogP contribution in [0, 0.1) is 0 Å². The van der Waals surface area contributed by atoms with Crippen molar-refractivity contribution in [2.45, 2.75) is 12.1 Å². The third kappa shape index (κ3) is 2.09. The molecule has 0 aliphatic heterocycles. The van der Waals surface area contributed by atoms with Crippen molar-refractivity contribution in [3.05, 3.63) is 24.3 Å². The SMILES string of the molecule is NC1(NC(=O)O)C=CC=CC1. The van der Waals surface area contributed by atoms with E-state index in [2.05, 4.69) is 5.32 Å². The van der Waals surface area contributed by atoms with Crippen molar-refractivity contribution in [2.24, 2.45) is 5.73 Å². The van der Waals surface area contributed by atoms with Gasteiger partial charge in [0, 0.05) is 6.42 Å². The fourth-order valence-corrected chi connectivity index (χ4v) is 0.929. The molecule has 0 heterocycles. The Morgan fingerprint density at radius 1 is 1.64 bits per heavy atom. The van der Waals surface area contributed by atoms with Crippen LogP contribution in [0.15, 0.2) is 24.3 Å². The van der Waals surface area contributed by atoms with E-state index in [1.807, 2.05) is 12.2 Å². The van der Waals surface area contributed by atoms with Gasteiger partial charge in [0.05, 0.1) is 0 Å². The molecule has 11 heavy (non-hydrogen) atoms. The Morgan fingerprint density at radius 3 is 2.82 bits per heavy atom. The molecule has 0 saturated heterocycles. The summed E-state index contributed by atoms with van der Waals surface area (Å²) < 4.78 is 0. The lowest BCUT2D eigenvalue weighted by Gasteiger charge is -2.25. The first kappa shape index (κ1) is 7.81. The Bertz CT molecular complexity index is 222. The third-order valence-electron chi connectivity index (χ3n) is 1.44. The van der Waals surface area contributed by atoms with Crippen LogP contribution in [-0.2, 0) is 0 Å². The summed E-state index contributed by atoms with van der Waals surface area (Å²) in [5, 5.41) is 10.6. The van der Waals surface area contributed by atoms with Gasteiger partial charge < -0.3 is 10.8 Å². The number of carbonyl (C=O) groups is 1. The molecule has 1 rings (SSSR count). The monoisotopic (exact) mass is 154 g/mol. The predicted octanol–water partition coefficient (Wildman–Crippen LogP) is 0.425. The zero-order valence-corrected chi connectivity index (χ0v) is 5.95. The molecular formula is C7H10N2O2. The molecule has 0 fully saturated rings. The predicted molar refractivity (Wildman–Crippen MR) is 41.0 cm³/mol. The first-order valence-electron chi connectivity index (χ1n) is 3.27. The molecule has 0 radical (unpaired) electrons. The van der Waals surface area contributed by atoms with E-state index < -0.39 is 11.8 Å². The smallest absolute Gasteiger partial charge is 0.406 e. The lowest BCUT2D eigenvalue weighted by Crippen LogP contribution is -2.54. The number of carboxylic acid groups (broad SMARTS) is 1. The Balaban J connectivity index is 2.61. The first-order chi connectivity index (χ1) is 5.12. The van der Waals surface area contributed by atoms with Gasteiger partial charge in [-0.3, -0.25) is 5.32 Å². The molecule has 0 bridgehead atoms. The Kier molecular flexibility index (Phi) is 1.96. The van der Waals surface area contributed by atoms with Crippen molar-refractivity contribution in [1.82, 2.24) is 5.32 Å². The number of hydrogen-bond acceptors (Lipinski definition) is 2.